The lowest BCUT2D eigenvalue weighted by atomic mass is 10.0. The van der Waals surface area contributed by atoms with Crippen molar-refractivity contribution in [3.63, 3.8) is 0 Å². The van der Waals surface area contributed by atoms with Gasteiger partial charge >= 0.3 is 0 Å². The first-order chi connectivity index (χ1) is 7.50. The average molecular weight is 215 g/mol. The lowest BCUT2D eigenvalue weighted by molar-refractivity contribution is -0.116. The summed E-state index contributed by atoms with van der Waals surface area (Å²) in [7, 11) is 0. The standard InChI is InChI=1S/C12H13N3O/c1-12(2)6-11(16)14-9-4-3-8(7-13)5-10(9)15-12/h3-5,15H,6H2,1-2H3,(H,14,16). The maximum atomic E-state index is 11.6. The van der Waals surface area contributed by atoms with E-state index in [9.17, 15) is 4.79 Å². The predicted octanol–water partition coefficient (Wildman–Crippen LogP) is 2.09. The second kappa shape index (κ2) is 3.53. The van der Waals surface area contributed by atoms with Crippen LogP contribution in [-0.4, -0.2) is 11.4 Å². The number of hydrogen-bond acceptors (Lipinski definition) is 3. The van der Waals surface area contributed by atoms with Crippen LogP contribution < -0.4 is 10.6 Å². The van der Waals surface area contributed by atoms with E-state index >= 15 is 0 Å². The molecule has 1 aromatic rings. The number of nitrogens with one attached hydrogen (secondary N) is 2. The summed E-state index contributed by atoms with van der Waals surface area (Å²) in [6.07, 6.45) is 0.406. The van der Waals surface area contributed by atoms with E-state index in [4.69, 9.17) is 5.26 Å². The molecule has 0 aromatic heterocycles. The van der Waals surface area contributed by atoms with Crippen LogP contribution in [0.3, 0.4) is 0 Å². The molecule has 1 aliphatic heterocycles. The van der Waals surface area contributed by atoms with Gasteiger partial charge in [-0.3, -0.25) is 4.79 Å². The third-order valence-corrected chi connectivity index (χ3v) is 2.50. The van der Waals surface area contributed by atoms with Gasteiger partial charge < -0.3 is 10.6 Å². The molecule has 0 saturated carbocycles. The molecule has 1 aliphatic rings. The second-order valence-corrected chi connectivity index (χ2v) is 4.61. The number of rotatable bonds is 0. The summed E-state index contributed by atoms with van der Waals surface area (Å²) in [6, 6.07) is 7.28. The smallest absolute Gasteiger partial charge is 0.226 e. The minimum Gasteiger partial charge on any atom is -0.378 e. The lowest BCUT2D eigenvalue weighted by Gasteiger charge is -2.24. The quantitative estimate of drug-likeness (QED) is 0.696. The van der Waals surface area contributed by atoms with E-state index in [1.54, 1.807) is 18.2 Å². The zero-order valence-corrected chi connectivity index (χ0v) is 9.29. The third kappa shape index (κ3) is 1.98. The molecule has 1 heterocycles. The SMILES string of the molecule is CC1(C)CC(=O)Nc2ccc(C#N)cc2N1. The van der Waals surface area contributed by atoms with E-state index in [-0.39, 0.29) is 11.4 Å². The van der Waals surface area contributed by atoms with Gasteiger partial charge in [-0.1, -0.05) is 0 Å². The summed E-state index contributed by atoms with van der Waals surface area (Å²) in [5, 5.41) is 14.9. The summed E-state index contributed by atoms with van der Waals surface area (Å²) >= 11 is 0. The first kappa shape index (κ1) is 10.5. The van der Waals surface area contributed by atoms with Crippen LogP contribution in [0, 0.1) is 11.3 Å². The number of nitriles is 1. The van der Waals surface area contributed by atoms with Crippen molar-refractivity contribution in [3.8, 4) is 6.07 Å². The molecule has 16 heavy (non-hydrogen) atoms. The highest BCUT2D eigenvalue weighted by Crippen LogP contribution is 2.30. The average Bonchev–Trinajstić information content (AvgIpc) is 2.29. The molecule has 0 saturated heterocycles. The number of fused-ring (bicyclic) bond motifs is 1. The van der Waals surface area contributed by atoms with E-state index in [1.807, 2.05) is 13.8 Å². The maximum Gasteiger partial charge on any atom is 0.226 e. The van der Waals surface area contributed by atoms with Gasteiger partial charge in [-0.15, -0.1) is 0 Å². The van der Waals surface area contributed by atoms with Gasteiger partial charge in [0.25, 0.3) is 0 Å². The van der Waals surface area contributed by atoms with Gasteiger partial charge in [0.1, 0.15) is 0 Å². The minimum atomic E-state index is -0.302. The van der Waals surface area contributed by atoms with Gasteiger partial charge in [0.2, 0.25) is 5.91 Å². The van der Waals surface area contributed by atoms with Gasteiger partial charge in [0.15, 0.2) is 0 Å². The molecule has 1 aromatic carbocycles. The molecule has 0 unspecified atom stereocenters. The largest absolute Gasteiger partial charge is 0.378 e. The number of carbonyl (C=O) groups excluding carboxylic acids is 1. The molecule has 82 valence electrons. The molecule has 0 atom stereocenters. The van der Waals surface area contributed by atoms with E-state index in [0.717, 1.165) is 11.4 Å². The van der Waals surface area contributed by atoms with Crippen LogP contribution in [0.5, 0.6) is 0 Å². The molecule has 4 nitrogen and oxygen atoms in total. The Morgan fingerprint density at radius 2 is 2.12 bits per heavy atom. The third-order valence-electron chi connectivity index (χ3n) is 2.50. The Morgan fingerprint density at radius 3 is 2.81 bits per heavy atom. The maximum absolute atomic E-state index is 11.6. The first-order valence-electron chi connectivity index (χ1n) is 5.12. The van der Waals surface area contributed by atoms with Crippen molar-refractivity contribution in [2.75, 3.05) is 10.6 Å². The summed E-state index contributed by atoms with van der Waals surface area (Å²) < 4.78 is 0. The van der Waals surface area contributed by atoms with E-state index in [0.29, 0.717) is 12.0 Å². The van der Waals surface area contributed by atoms with Crippen molar-refractivity contribution in [1.82, 2.24) is 0 Å². The number of benzene rings is 1. The Balaban J connectivity index is 2.48. The summed E-state index contributed by atoms with van der Waals surface area (Å²) in [5.74, 6) is -0.0130. The molecule has 2 N–H and O–H groups in total. The van der Waals surface area contributed by atoms with Crippen molar-refractivity contribution in [2.45, 2.75) is 25.8 Å². The van der Waals surface area contributed by atoms with Crippen LogP contribution in [-0.2, 0) is 4.79 Å². The molecule has 0 radical (unpaired) electrons. The van der Waals surface area contributed by atoms with Gasteiger partial charge in [0, 0.05) is 12.0 Å². The molecule has 0 fully saturated rings. The highest BCUT2D eigenvalue weighted by atomic mass is 16.1. The van der Waals surface area contributed by atoms with Crippen molar-refractivity contribution < 1.29 is 4.79 Å². The van der Waals surface area contributed by atoms with Gasteiger partial charge in [-0.2, -0.15) is 5.26 Å². The molecular weight excluding hydrogens is 202 g/mol. The lowest BCUT2D eigenvalue weighted by Crippen LogP contribution is -2.32. The topological polar surface area (TPSA) is 64.9 Å². The van der Waals surface area contributed by atoms with Crippen LogP contribution in [0.2, 0.25) is 0 Å². The fraction of sp³-hybridized carbons (Fsp3) is 0.333. The van der Waals surface area contributed by atoms with Crippen molar-refractivity contribution in [2.24, 2.45) is 0 Å². The summed E-state index contributed by atoms with van der Waals surface area (Å²) in [5.41, 5.74) is 1.81. The summed E-state index contributed by atoms with van der Waals surface area (Å²) in [4.78, 5) is 11.6. The highest BCUT2D eigenvalue weighted by Gasteiger charge is 2.26. The Bertz CT molecular complexity index is 486. The van der Waals surface area contributed by atoms with Crippen LogP contribution >= 0.6 is 0 Å². The zero-order chi connectivity index (χ0) is 11.8. The minimum absolute atomic E-state index is 0.0130. The second-order valence-electron chi connectivity index (χ2n) is 4.61. The number of anilines is 2. The van der Waals surface area contributed by atoms with Gasteiger partial charge in [0.05, 0.1) is 23.0 Å². The first-order valence-corrected chi connectivity index (χ1v) is 5.12. The van der Waals surface area contributed by atoms with E-state index in [1.165, 1.54) is 0 Å². The Hall–Kier alpha value is -2.02. The highest BCUT2D eigenvalue weighted by molar-refractivity contribution is 5.97. The summed E-state index contributed by atoms with van der Waals surface area (Å²) in [6.45, 7) is 3.92. The van der Waals surface area contributed by atoms with Crippen LogP contribution in [0.15, 0.2) is 18.2 Å². The zero-order valence-electron chi connectivity index (χ0n) is 9.29. The number of amides is 1. The Labute approximate surface area is 94.3 Å². The molecule has 2 rings (SSSR count). The molecular formula is C12H13N3O. The predicted molar refractivity (Wildman–Crippen MR) is 62.1 cm³/mol. The van der Waals surface area contributed by atoms with Crippen LogP contribution in [0.4, 0.5) is 11.4 Å². The van der Waals surface area contributed by atoms with Gasteiger partial charge in [-0.05, 0) is 32.0 Å². The number of nitrogens with zero attached hydrogens (tertiary/aromatic N) is 1. The fourth-order valence-corrected chi connectivity index (χ4v) is 1.83. The molecule has 0 spiro atoms. The number of carbonyl (C=O) groups is 1. The molecule has 0 bridgehead atoms. The van der Waals surface area contributed by atoms with Gasteiger partial charge in [-0.25, -0.2) is 0 Å². The molecule has 1 amide bonds. The van der Waals surface area contributed by atoms with Crippen molar-refractivity contribution >= 4 is 17.3 Å². The van der Waals surface area contributed by atoms with E-state index < -0.39 is 0 Å². The van der Waals surface area contributed by atoms with Crippen molar-refractivity contribution in [1.29, 1.82) is 5.26 Å². The molecule has 0 aliphatic carbocycles. The molecule has 4 heteroatoms. The van der Waals surface area contributed by atoms with Crippen molar-refractivity contribution in [3.05, 3.63) is 23.8 Å². The number of hydrogen-bond donors (Lipinski definition) is 2. The van der Waals surface area contributed by atoms with Crippen LogP contribution in [0.1, 0.15) is 25.8 Å². The fourth-order valence-electron chi connectivity index (χ4n) is 1.83. The Morgan fingerprint density at radius 1 is 1.38 bits per heavy atom. The monoisotopic (exact) mass is 215 g/mol. The Kier molecular flexibility index (Phi) is 2.31. The van der Waals surface area contributed by atoms with E-state index in [2.05, 4.69) is 16.7 Å². The normalized spacial score (nSPS) is 17.4. The van der Waals surface area contributed by atoms with Crippen LogP contribution in [0.25, 0.3) is 0 Å².